The summed E-state index contributed by atoms with van der Waals surface area (Å²) in [6.07, 6.45) is 0.761. The Morgan fingerprint density at radius 3 is 2.33 bits per heavy atom. The minimum atomic E-state index is -3.71. The summed E-state index contributed by atoms with van der Waals surface area (Å²) >= 11 is 0. The number of rotatable bonds is 7. The Morgan fingerprint density at radius 2 is 1.53 bits per heavy atom. The summed E-state index contributed by atoms with van der Waals surface area (Å²) in [5, 5.41) is 0. The number of hydrogen-bond donors (Lipinski definition) is 1. The maximum atomic E-state index is 12.8. The molecular formula is C23H23NO5S. The number of benzene rings is 3. The molecule has 1 aliphatic heterocycles. The molecule has 0 saturated heterocycles. The van der Waals surface area contributed by atoms with Crippen LogP contribution in [0.3, 0.4) is 0 Å². The van der Waals surface area contributed by atoms with Gasteiger partial charge in [-0.1, -0.05) is 42.5 Å². The van der Waals surface area contributed by atoms with Crippen LogP contribution in [0.5, 0.6) is 17.2 Å². The van der Waals surface area contributed by atoms with Gasteiger partial charge in [0.05, 0.1) is 18.1 Å². The van der Waals surface area contributed by atoms with E-state index in [1.165, 1.54) is 12.1 Å². The average Bonchev–Trinajstić information content (AvgIpc) is 3.02. The van der Waals surface area contributed by atoms with E-state index in [2.05, 4.69) is 4.72 Å². The van der Waals surface area contributed by atoms with E-state index in [1.54, 1.807) is 6.07 Å². The Bertz CT molecular complexity index is 1100. The van der Waals surface area contributed by atoms with Crippen molar-refractivity contribution in [3.05, 3.63) is 83.9 Å². The first-order valence-corrected chi connectivity index (χ1v) is 11.2. The van der Waals surface area contributed by atoms with Gasteiger partial charge in [0.25, 0.3) is 0 Å². The summed E-state index contributed by atoms with van der Waals surface area (Å²) < 4.78 is 45.3. The lowest BCUT2D eigenvalue weighted by molar-refractivity contribution is 0.297. The highest BCUT2D eigenvalue weighted by Gasteiger charge is 2.19. The van der Waals surface area contributed by atoms with E-state index in [4.69, 9.17) is 14.2 Å². The summed E-state index contributed by atoms with van der Waals surface area (Å²) in [5.41, 5.74) is 1.77. The quantitative estimate of drug-likeness (QED) is 0.621. The predicted molar refractivity (Wildman–Crippen MR) is 113 cm³/mol. The van der Waals surface area contributed by atoms with Gasteiger partial charge in [-0.25, -0.2) is 13.1 Å². The molecule has 0 aromatic heterocycles. The molecule has 3 aromatic carbocycles. The van der Waals surface area contributed by atoms with E-state index in [1.807, 2.05) is 54.6 Å². The van der Waals surface area contributed by atoms with E-state index in [9.17, 15) is 8.42 Å². The second-order valence-electron chi connectivity index (χ2n) is 6.85. The zero-order valence-corrected chi connectivity index (χ0v) is 17.2. The molecule has 0 fully saturated rings. The van der Waals surface area contributed by atoms with Gasteiger partial charge in [0, 0.05) is 19.0 Å². The Labute approximate surface area is 176 Å². The fraction of sp³-hybridized carbons (Fsp3) is 0.217. The third kappa shape index (κ3) is 4.93. The van der Waals surface area contributed by atoms with Gasteiger partial charge in [-0.15, -0.1) is 0 Å². The van der Waals surface area contributed by atoms with Crippen LogP contribution in [0.4, 0.5) is 0 Å². The van der Waals surface area contributed by atoms with Gasteiger partial charge in [0.1, 0.15) is 12.4 Å². The minimum absolute atomic E-state index is 0.143. The van der Waals surface area contributed by atoms with Crippen molar-refractivity contribution in [2.75, 3.05) is 13.2 Å². The summed E-state index contributed by atoms with van der Waals surface area (Å²) in [6.45, 7) is 1.56. The van der Waals surface area contributed by atoms with E-state index in [0.717, 1.165) is 23.3 Å². The van der Waals surface area contributed by atoms with Gasteiger partial charge in [-0.3, -0.25) is 0 Å². The normalized spacial score (nSPS) is 13.5. The van der Waals surface area contributed by atoms with Gasteiger partial charge in [0.2, 0.25) is 10.0 Å². The first-order valence-electron chi connectivity index (χ1n) is 9.76. The summed E-state index contributed by atoms with van der Waals surface area (Å²) in [7, 11) is -3.71. The largest absolute Gasteiger partial charge is 0.490 e. The molecule has 0 radical (unpaired) electrons. The van der Waals surface area contributed by atoms with Gasteiger partial charge in [-0.05, 0) is 35.4 Å². The molecule has 1 N–H and O–H groups in total. The van der Waals surface area contributed by atoms with Crippen LogP contribution in [0.1, 0.15) is 17.5 Å². The summed E-state index contributed by atoms with van der Waals surface area (Å²) in [6, 6.07) is 21.8. The highest BCUT2D eigenvalue weighted by atomic mass is 32.2. The number of nitrogens with one attached hydrogen (secondary N) is 1. The fourth-order valence-corrected chi connectivity index (χ4v) is 4.14. The van der Waals surface area contributed by atoms with Crippen molar-refractivity contribution in [2.24, 2.45) is 0 Å². The van der Waals surface area contributed by atoms with Crippen molar-refractivity contribution < 1.29 is 22.6 Å². The monoisotopic (exact) mass is 425 g/mol. The molecule has 0 unspecified atom stereocenters. The highest BCUT2D eigenvalue weighted by molar-refractivity contribution is 7.89. The Kier molecular flexibility index (Phi) is 6.21. The third-order valence-corrected chi connectivity index (χ3v) is 6.14. The van der Waals surface area contributed by atoms with Crippen LogP contribution in [0.2, 0.25) is 0 Å². The topological polar surface area (TPSA) is 73.9 Å². The fourth-order valence-electron chi connectivity index (χ4n) is 3.12. The lowest BCUT2D eigenvalue weighted by atomic mass is 10.1. The SMILES string of the molecule is O=S(=O)(NCc1ccccc1COc1ccccc1)c1ccc2c(c1)OCCCO2. The predicted octanol–water partition coefficient (Wildman–Crippen LogP) is 3.91. The van der Waals surface area contributed by atoms with Crippen LogP contribution in [0, 0.1) is 0 Å². The Hall–Kier alpha value is -3.03. The van der Waals surface area contributed by atoms with Crippen LogP contribution in [0.15, 0.2) is 77.7 Å². The van der Waals surface area contributed by atoms with Crippen molar-refractivity contribution in [3.8, 4) is 17.2 Å². The number of fused-ring (bicyclic) bond motifs is 1. The number of hydrogen-bond acceptors (Lipinski definition) is 5. The molecule has 4 rings (SSSR count). The second-order valence-corrected chi connectivity index (χ2v) is 8.62. The molecule has 156 valence electrons. The molecule has 3 aromatic rings. The molecule has 0 spiro atoms. The number of sulfonamides is 1. The van der Waals surface area contributed by atoms with Crippen molar-refractivity contribution in [1.82, 2.24) is 4.72 Å². The van der Waals surface area contributed by atoms with E-state index in [0.29, 0.717) is 31.3 Å². The molecule has 0 saturated carbocycles. The molecule has 30 heavy (non-hydrogen) atoms. The number of ether oxygens (including phenoxy) is 3. The summed E-state index contributed by atoms with van der Waals surface area (Å²) in [4.78, 5) is 0.143. The van der Waals surface area contributed by atoms with Crippen LogP contribution in [0.25, 0.3) is 0 Å². The second kappa shape index (κ2) is 9.19. The van der Waals surface area contributed by atoms with E-state index in [-0.39, 0.29) is 11.4 Å². The lowest BCUT2D eigenvalue weighted by Gasteiger charge is -2.13. The zero-order chi connectivity index (χ0) is 20.8. The average molecular weight is 426 g/mol. The Balaban J connectivity index is 1.46. The maximum Gasteiger partial charge on any atom is 0.241 e. The molecule has 7 heteroatoms. The minimum Gasteiger partial charge on any atom is -0.490 e. The van der Waals surface area contributed by atoms with Crippen LogP contribution in [-0.4, -0.2) is 21.6 Å². The van der Waals surface area contributed by atoms with Crippen molar-refractivity contribution in [1.29, 1.82) is 0 Å². The molecular weight excluding hydrogens is 402 g/mol. The molecule has 0 atom stereocenters. The standard InChI is InChI=1S/C23H23NO5S/c25-30(26,21-11-12-22-23(15-21)28-14-6-13-27-22)24-16-18-7-4-5-8-19(18)17-29-20-9-2-1-3-10-20/h1-5,7-12,15,24H,6,13-14,16-17H2. The number of para-hydroxylation sites is 1. The van der Waals surface area contributed by atoms with Gasteiger partial charge < -0.3 is 14.2 Å². The van der Waals surface area contributed by atoms with E-state index < -0.39 is 10.0 Å². The highest BCUT2D eigenvalue weighted by Crippen LogP contribution is 2.32. The zero-order valence-electron chi connectivity index (χ0n) is 16.4. The molecule has 6 nitrogen and oxygen atoms in total. The first-order chi connectivity index (χ1) is 14.6. The molecule has 1 heterocycles. The van der Waals surface area contributed by atoms with Gasteiger partial charge in [-0.2, -0.15) is 0 Å². The van der Waals surface area contributed by atoms with Crippen molar-refractivity contribution in [2.45, 2.75) is 24.5 Å². The van der Waals surface area contributed by atoms with E-state index >= 15 is 0 Å². The maximum absolute atomic E-state index is 12.8. The molecule has 0 amide bonds. The molecule has 1 aliphatic rings. The first kappa shape index (κ1) is 20.3. The van der Waals surface area contributed by atoms with Crippen LogP contribution in [-0.2, 0) is 23.2 Å². The van der Waals surface area contributed by atoms with Crippen molar-refractivity contribution in [3.63, 3.8) is 0 Å². The molecule has 0 aliphatic carbocycles. The van der Waals surface area contributed by atoms with Gasteiger partial charge >= 0.3 is 0 Å². The molecule has 0 bridgehead atoms. The smallest absolute Gasteiger partial charge is 0.241 e. The van der Waals surface area contributed by atoms with Gasteiger partial charge in [0.15, 0.2) is 11.5 Å². The lowest BCUT2D eigenvalue weighted by Crippen LogP contribution is -2.24. The third-order valence-electron chi connectivity index (χ3n) is 4.74. The van der Waals surface area contributed by atoms with Crippen molar-refractivity contribution >= 4 is 10.0 Å². The van der Waals surface area contributed by atoms with Crippen LogP contribution < -0.4 is 18.9 Å². The Morgan fingerprint density at radius 1 is 0.833 bits per heavy atom. The summed E-state index contributed by atoms with van der Waals surface area (Å²) in [5.74, 6) is 1.78. The van der Waals surface area contributed by atoms with Crippen LogP contribution >= 0.6 is 0 Å².